The average Bonchev–Trinajstić information content (AvgIpc) is 3.07. The number of carbonyl (C=O) groups is 1. The summed E-state index contributed by atoms with van der Waals surface area (Å²) in [6.07, 6.45) is 1.90. The van der Waals surface area contributed by atoms with Crippen LogP contribution < -0.4 is 5.32 Å². The molecule has 0 fully saturated rings. The number of hydrogen-bond donors (Lipinski definition) is 1. The Labute approximate surface area is 152 Å². The molecule has 2 heterocycles. The van der Waals surface area contributed by atoms with E-state index in [-0.39, 0.29) is 18.0 Å². The third-order valence-electron chi connectivity index (χ3n) is 4.62. The van der Waals surface area contributed by atoms with Crippen LogP contribution in [0.1, 0.15) is 42.3 Å². The average molecular weight is 363 g/mol. The molecule has 24 heavy (non-hydrogen) atoms. The largest absolute Gasteiger partial charge is 0.337 e. The lowest BCUT2D eigenvalue weighted by molar-refractivity contribution is -0.134. The van der Waals surface area contributed by atoms with E-state index >= 15 is 0 Å². The van der Waals surface area contributed by atoms with Crippen molar-refractivity contribution < 1.29 is 4.79 Å². The van der Waals surface area contributed by atoms with Crippen LogP contribution in [0.15, 0.2) is 35.7 Å². The van der Waals surface area contributed by atoms with Gasteiger partial charge in [0.15, 0.2) is 0 Å². The normalized spacial score (nSPS) is 16.5. The summed E-state index contributed by atoms with van der Waals surface area (Å²) >= 11 is 7.76. The van der Waals surface area contributed by atoms with E-state index in [1.54, 1.807) is 11.3 Å². The molecule has 1 aliphatic heterocycles. The number of amides is 1. The van der Waals surface area contributed by atoms with Crippen molar-refractivity contribution in [3.05, 3.63) is 56.7 Å². The summed E-state index contributed by atoms with van der Waals surface area (Å²) in [5.74, 6) is 0.180. The van der Waals surface area contributed by atoms with Gasteiger partial charge in [0.1, 0.15) is 0 Å². The fraction of sp³-hybridized carbons (Fsp3) is 0.421. The molecule has 0 saturated heterocycles. The predicted molar refractivity (Wildman–Crippen MR) is 101 cm³/mol. The summed E-state index contributed by atoms with van der Waals surface area (Å²) in [6, 6.07) is 9.94. The minimum atomic E-state index is -0.203. The van der Waals surface area contributed by atoms with E-state index in [1.165, 1.54) is 16.0 Å². The number of halogens is 1. The number of rotatable bonds is 5. The van der Waals surface area contributed by atoms with Crippen molar-refractivity contribution in [2.45, 2.75) is 45.3 Å². The maximum Gasteiger partial charge on any atom is 0.239 e. The number of thiophene rings is 1. The lowest BCUT2D eigenvalue weighted by Crippen LogP contribution is -2.47. The molecule has 0 saturated carbocycles. The van der Waals surface area contributed by atoms with Gasteiger partial charge in [0, 0.05) is 29.0 Å². The molecule has 2 unspecified atom stereocenters. The number of hydrogen-bond acceptors (Lipinski definition) is 3. The van der Waals surface area contributed by atoms with Crippen LogP contribution in [0.2, 0.25) is 5.02 Å². The number of benzene rings is 1. The van der Waals surface area contributed by atoms with Gasteiger partial charge in [-0.15, -0.1) is 11.3 Å². The fourth-order valence-corrected chi connectivity index (χ4v) is 4.24. The number of fused-ring (bicyclic) bond motifs is 1. The van der Waals surface area contributed by atoms with E-state index in [4.69, 9.17) is 11.6 Å². The molecule has 1 aromatic heterocycles. The van der Waals surface area contributed by atoms with Gasteiger partial charge in [-0.2, -0.15) is 0 Å². The van der Waals surface area contributed by atoms with Crippen LogP contribution in [0.25, 0.3) is 0 Å². The molecule has 1 aliphatic rings. The zero-order valence-electron chi connectivity index (χ0n) is 14.1. The second-order valence-corrected chi connectivity index (χ2v) is 7.72. The first kappa shape index (κ1) is 17.5. The Hall–Kier alpha value is -1.36. The highest BCUT2D eigenvalue weighted by atomic mass is 35.5. The maximum absolute atomic E-state index is 12.8. The molecular weight excluding hydrogens is 340 g/mol. The van der Waals surface area contributed by atoms with Crippen LogP contribution in [0.5, 0.6) is 0 Å². The van der Waals surface area contributed by atoms with Crippen molar-refractivity contribution >= 4 is 28.8 Å². The van der Waals surface area contributed by atoms with E-state index in [2.05, 4.69) is 23.7 Å². The van der Waals surface area contributed by atoms with E-state index in [9.17, 15) is 4.79 Å². The lowest BCUT2D eigenvalue weighted by atomic mass is 10.0. The van der Waals surface area contributed by atoms with E-state index < -0.39 is 0 Å². The molecule has 0 aliphatic carbocycles. The molecule has 1 amide bonds. The zero-order valence-corrected chi connectivity index (χ0v) is 15.7. The third-order valence-corrected chi connectivity index (χ3v) is 5.90. The minimum Gasteiger partial charge on any atom is -0.337 e. The van der Waals surface area contributed by atoms with Gasteiger partial charge in [-0.3, -0.25) is 10.1 Å². The van der Waals surface area contributed by atoms with Gasteiger partial charge in [0.05, 0.1) is 6.04 Å². The van der Waals surface area contributed by atoms with Gasteiger partial charge in [-0.1, -0.05) is 30.7 Å². The number of nitrogens with one attached hydrogen (secondary N) is 1. The summed E-state index contributed by atoms with van der Waals surface area (Å²) in [6.45, 7) is 5.64. The Balaban J connectivity index is 1.64. The van der Waals surface area contributed by atoms with Crippen LogP contribution in [-0.4, -0.2) is 23.4 Å². The summed E-state index contributed by atoms with van der Waals surface area (Å²) < 4.78 is 0. The summed E-state index contributed by atoms with van der Waals surface area (Å²) in [5, 5.41) is 6.34. The topological polar surface area (TPSA) is 32.3 Å². The van der Waals surface area contributed by atoms with Crippen LogP contribution in [0.4, 0.5) is 0 Å². The molecule has 2 atom stereocenters. The highest BCUT2D eigenvalue weighted by molar-refractivity contribution is 7.10. The molecule has 3 rings (SSSR count). The Morgan fingerprint density at radius 1 is 1.33 bits per heavy atom. The first-order valence-electron chi connectivity index (χ1n) is 8.44. The standard InChI is InChI=1S/C19H23ClN2OS/c1-3-17(14-4-6-16(20)7-5-14)21-13(2)19(23)22-10-8-18-15(12-22)9-11-24-18/h4-7,9,11,13,17,21H,3,8,10,12H2,1-2H3. The van der Waals surface area contributed by atoms with Crippen molar-refractivity contribution in [3.63, 3.8) is 0 Å². The molecule has 1 aromatic carbocycles. The molecule has 0 spiro atoms. The van der Waals surface area contributed by atoms with Crippen molar-refractivity contribution in [2.75, 3.05) is 6.54 Å². The quantitative estimate of drug-likeness (QED) is 0.854. The first-order valence-corrected chi connectivity index (χ1v) is 9.69. The van der Waals surface area contributed by atoms with E-state index in [0.29, 0.717) is 0 Å². The highest BCUT2D eigenvalue weighted by Crippen LogP contribution is 2.25. The van der Waals surface area contributed by atoms with Crippen LogP contribution in [-0.2, 0) is 17.8 Å². The van der Waals surface area contributed by atoms with Crippen LogP contribution in [0.3, 0.4) is 0 Å². The molecular formula is C19H23ClN2OS. The van der Waals surface area contributed by atoms with Gasteiger partial charge < -0.3 is 4.90 Å². The van der Waals surface area contributed by atoms with E-state index in [0.717, 1.165) is 31.0 Å². The van der Waals surface area contributed by atoms with Gasteiger partial charge >= 0.3 is 0 Å². The Morgan fingerprint density at radius 3 is 2.79 bits per heavy atom. The minimum absolute atomic E-state index is 0.155. The Bertz CT molecular complexity index is 698. The van der Waals surface area contributed by atoms with Crippen molar-refractivity contribution in [1.29, 1.82) is 0 Å². The summed E-state index contributed by atoms with van der Waals surface area (Å²) in [4.78, 5) is 16.2. The second-order valence-electron chi connectivity index (χ2n) is 6.28. The summed E-state index contributed by atoms with van der Waals surface area (Å²) in [5.41, 5.74) is 2.47. The predicted octanol–water partition coefficient (Wildman–Crippen LogP) is 4.42. The summed E-state index contributed by atoms with van der Waals surface area (Å²) in [7, 11) is 0. The molecule has 1 N–H and O–H groups in total. The SMILES string of the molecule is CCC(NC(C)C(=O)N1CCc2sccc2C1)c1ccc(Cl)cc1. The monoisotopic (exact) mass is 362 g/mol. The molecule has 5 heteroatoms. The van der Waals surface area contributed by atoms with Gasteiger partial charge in [-0.25, -0.2) is 0 Å². The van der Waals surface area contributed by atoms with Crippen LogP contribution >= 0.6 is 22.9 Å². The third kappa shape index (κ3) is 3.82. The number of carbonyl (C=O) groups excluding carboxylic acids is 1. The maximum atomic E-state index is 12.8. The zero-order chi connectivity index (χ0) is 17.1. The molecule has 3 nitrogen and oxygen atoms in total. The Morgan fingerprint density at radius 2 is 2.08 bits per heavy atom. The first-order chi connectivity index (χ1) is 11.6. The van der Waals surface area contributed by atoms with Crippen molar-refractivity contribution in [3.8, 4) is 0 Å². The van der Waals surface area contributed by atoms with Gasteiger partial charge in [-0.05, 0) is 54.5 Å². The smallest absolute Gasteiger partial charge is 0.239 e. The van der Waals surface area contributed by atoms with E-state index in [1.807, 2.05) is 36.1 Å². The molecule has 2 aromatic rings. The van der Waals surface area contributed by atoms with Gasteiger partial charge in [0.2, 0.25) is 5.91 Å². The molecule has 0 bridgehead atoms. The highest BCUT2D eigenvalue weighted by Gasteiger charge is 2.26. The lowest BCUT2D eigenvalue weighted by Gasteiger charge is -2.31. The number of nitrogens with zero attached hydrogens (tertiary/aromatic N) is 1. The van der Waals surface area contributed by atoms with Crippen LogP contribution in [0, 0.1) is 0 Å². The molecule has 128 valence electrons. The van der Waals surface area contributed by atoms with Crippen molar-refractivity contribution in [2.24, 2.45) is 0 Å². The Kier molecular flexibility index (Phi) is 5.59. The molecule has 0 radical (unpaired) electrons. The fourth-order valence-electron chi connectivity index (χ4n) is 3.23. The van der Waals surface area contributed by atoms with Crippen molar-refractivity contribution in [1.82, 2.24) is 10.2 Å². The second kappa shape index (κ2) is 7.68. The van der Waals surface area contributed by atoms with Gasteiger partial charge in [0.25, 0.3) is 0 Å².